The summed E-state index contributed by atoms with van der Waals surface area (Å²) in [5.74, 6) is -2.06. The molecule has 2 aromatic rings. The quantitative estimate of drug-likeness (QED) is 0.897. The molecular formula is C15H17ClF2N4O. The third-order valence-corrected chi connectivity index (χ3v) is 3.76. The minimum Gasteiger partial charge on any atom is -0.336 e. The van der Waals surface area contributed by atoms with Crippen LogP contribution in [-0.4, -0.2) is 34.6 Å². The number of rotatable bonds is 3. The lowest BCUT2D eigenvalue weighted by Crippen LogP contribution is -2.30. The number of halogens is 3. The molecule has 1 aliphatic rings. The van der Waals surface area contributed by atoms with E-state index in [4.69, 9.17) is 0 Å². The molecule has 0 saturated heterocycles. The van der Waals surface area contributed by atoms with Crippen LogP contribution in [0.15, 0.2) is 18.2 Å². The molecule has 0 saturated carbocycles. The van der Waals surface area contributed by atoms with Crippen LogP contribution in [0.25, 0.3) is 0 Å². The predicted molar refractivity (Wildman–Crippen MR) is 83.4 cm³/mol. The van der Waals surface area contributed by atoms with Crippen molar-refractivity contribution in [3.63, 3.8) is 0 Å². The number of fused-ring (bicyclic) bond motifs is 1. The third kappa shape index (κ3) is 3.51. The van der Waals surface area contributed by atoms with Crippen LogP contribution in [0, 0.1) is 11.6 Å². The van der Waals surface area contributed by atoms with Crippen LogP contribution in [0.5, 0.6) is 0 Å². The fourth-order valence-electron chi connectivity index (χ4n) is 2.57. The lowest BCUT2D eigenvalue weighted by atomic mass is 10.1. The Morgan fingerprint density at radius 3 is 2.87 bits per heavy atom. The van der Waals surface area contributed by atoms with Crippen LogP contribution >= 0.6 is 12.4 Å². The monoisotopic (exact) mass is 342 g/mol. The second-order valence-corrected chi connectivity index (χ2v) is 5.37. The van der Waals surface area contributed by atoms with Crippen LogP contribution in [-0.2, 0) is 19.5 Å². The van der Waals surface area contributed by atoms with Crippen molar-refractivity contribution in [3.8, 4) is 0 Å². The van der Waals surface area contributed by atoms with Crippen molar-refractivity contribution in [2.45, 2.75) is 19.5 Å². The summed E-state index contributed by atoms with van der Waals surface area (Å²) in [4.78, 5) is 13.9. The molecule has 23 heavy (non-hydrogen) atoms. The van der Waals surface area contributed by atoms with Crippen molar-refractivity contribution in [2.75, 3.05) is 13.6 Å². The highest BCUT2D eigenvalue weighted by molar-refractivity contribution is 5.93. The summed E-state index contributed by atoms with van der Waals surface area (Å²) in [6, 6.07) is 3.62. The number of carbonyl (C=O) groups is 1. The van der Waals surface area contributed by atoms with Crippen LogP contribution in [0.3, 0.4) is 0 Å². The summed E-state index contributed by atoms with van der Waals surface area (Å²) < 4.78 is 26.2. The first kappa shape index (κ1) is 17.4. The Morgan fingerprint density at radius 2 is 2.13 bits per heavy atom. The highest BCUT2D eigenvalue weighted by Crippen LogP contribution is 2.18. The van der Waals surface area contributed by atoms with Gasteiger partial charge in [0.2, 0.25) is 0 Å². The molecule has 0 aliphatic carbocycles. The molecule has 0 spiro atoms. The summed E-state index contributed by atoms with van der Waals surface area (Å²) in [7, 11) is 1.61. The van der Waals surface area contributed by atoms with E-state index >= 15 is 0 Å². The number of benzene rings is 1. The zero-order valence-electron chi connectivity index (χ0n) is 12.5. The van der Waals surface area contributed by atoms with Crippen LogP contribution in [0.1, 0.15) is 27.3 Å². The average Bonchev–Trinajstić information content (AvgIpc) is 2.94. The number of H-pyrrole nitrogens is 1. The SMILES string of the molecule is CN(Cc1ccc(F)c(F)c1)C(=O)c1n[nH]c2c1CNCC2.Cl. The molecule has 0 radical (unpaired) electrons. The van der Waals surface area contributed by atoms with E-state index in [1.165, 1.54) is 11.0 Å². The van der Waals surface area contributed by atoms with Gasteiger partial charge in [-0.05, 0) is 17.7 Å². The third-order valence-electron chi connectivity index (χ3n) is 3.76. The maximum atomic E-state index is 13.2. The van der Waals surface area contributed by atoms with Crippen molar-refractivity contribution in [3.05, 3.63) is 52.3 Å². The van der Waals surface area contributed by atoms with Gasteiger partial charge >= 0.3 is 0 Å². The van der Waals surface area contributed by atoms with E-state index < -0.39 is 11.6 Å². The van der Waals surface area contributed by atoms with Gasteiger partial charge in [0.05, 0.1) is 0 Å². The summed E-state index contributed by atoms with van der Waals surface area (Å²) in [5.41, 5.74) is 2.77. The molecule has 0 unspecified atom stereocenters. The van der Waals surface area contributed by atoms with E-state index in [2.05, 4.69) is 15.5 Å². The first-order chi connectivity index (χ1) is 10.6. The number of hydrogen-bond donors (Lipinski definition) is 2. The van der Waals surface area contributed by atoms with Crippen molar-refractivity contribution in [1.82, 2.24) is 20.4 Å². The van der Waals surface area contributed by atoms with Gasteiger partial charge in [-0.1, -0.05) is 6.07 Å². The molecular weight excluding hydrogens is 326 g/mol. The number of amides is 1. The molecule has 124 valence electrons. The molecule has 0 bridgehead atoms. The second kappa shape index (κ2) is 7.06. The van der Waals surface area contributed by atoms with Gasteiger partial charge in [0.1, 0.15) is 0 Å². The lowest BCUT2D eigenvalue weighted by molar-refractivity contribution is 0.0777. The van der Waals surface area contributed by atoms with Crippen LogP contribution in [0.2, 0.25) is 0 Å². The summed E-state index contributed by atoms with van der Waals surface area (Å²) >= 11 is 0. The van der Waals surface area contributed by atoms with Crippen LogP contribution < -0.4 is 5.32 Å². The van der Waals surface area contributed by atoms with Crippen molar-refractivity contribution in [1.29, 1.82) is 0 Å². The van der Waals surface area contributed by atoms with Crippen LogP contribution in [0.4, 0.5) is 8.78 Å². The summed E-state index contributed by atoms with van der Waals surface area (Å²) in [5, 5.41) is 10.2. The zero-order valence-corrected chi connectivity index (χ0v) is 13.3. The molecule has 0 atom stereocenters. The minimum atomic E-state index is -0.917. The van der Waals surface area contributed by atoms with E-state index in [0.29, 0.717) is 17.8 Å². The number of aromatic amines is 1. The Hall–Kier alpha value is -1.99. The molecule has 8 heteroatoms. The van der Waals surface area contributed by atoms with Gasteiger partial charge in [-0.3, -0.25) is 9.89 Å². The van der Waals surface area contributed by atoms with Gasteiger partial charge in [0.15, 0.2) is 17.3 Å². The van der Waals surface area contributed by atoms with Gasteiger partial charge in [0.25, 0.3) is 5.91 Å². The minimum absolute atomic E-state index is 0. The predicted octanol–water partition coefficient (Wildman–Crippen LogP) is 2.03. The van der Waals surface area contributed by atoms with Crippen molar-refractivity contribution >= 4 is 18.3 Å². The molecule has 2 heterocycles. The van der Waals surface area contributed by atoms with E-state index in [1.807, 2.05) is 0 Å². The van der Waals surface area contributed by atoms with E-state index in [9.17, 15) is 13.6 Å². The Balaban J connectivity index is 0.00000192. The fraction of sp³-hybridized carbons (Fsp3) is 0.333. The maximum Gasteiger partial charge on any atom is 0.274 e. The molecule has 0 fully saturated rings. The Morgan fingerprint density at radius 1 is 1.35 bits per heavy atom. The largest absolute Gasteiger partial charge is 0.336 e. The highest BCUT2D eigenvalue weighted by Gasteiger charge is 2.24. The van der Waals surface area contributed by atoms with E-state index in [-0.39, 0.29) is 24.9 Å². The van der Waals surface area contributed by atoms with E-state index in [0.717, 1.165) is 36.4 Å². The van der Waals surface area contributed by atoms with Gasteiger partial charge in [-0.15, -0.1) is 12.4 Å². The van der Waals surface area contributed by atoms with Gasteiger partial charge in [-0.25, -0.2) is 8.78 Å². The number of carbonyl (C=O) groups excluding carboxylic acids is 1. The van der Waals surface area contributed by atoms with Gasteiger partial charge < -0.3 is 10.2 Å². The number of hydrogen-bond acceptors (Lipinski definition) is 3. The molecule has 1 aromatic carbocycles. The Bertz CT molecular complexity index is 719. The summed E-state index contributed by atoms with van der Waals surface area (Å²) in [6.07, 6.45) is 0.808. The molecule has 1 aliphatic heterocycles. The Kier molecular flexibility index (Phi) is 5.33. The molecule has 5 nitrogen and oxygen atoms in total. The topological polar surface area (TPSA) is 61.0 Å². The lowest BCUT2D eigenvalue weighted by Gasteiger charge is -2.18. The van der Waals surface area contributed by atoms with Gasteiger partial charge in [-0.2, -0.15) is 5.10 Å². The molecule has 2 N–H and O–H groups in total. The highest BCUT2D eigenvalue weighted by atomic mass is 35.5. The fourth-order valence-corrected chi connectivity index (χ4v) is 2.57. The van der Waals surface area contributed by atoms with E-state index in [1.54, 1.807) is 7.05 Å². The maximum absolute atomic E-state index is 13.2. The number of nitrogens with zero attached hydrogens (tertiary/aromatic N) is 2. The number of nitrogens with one attached hydrogen (secondary N) is 2. The summed E-state index contributed by atoms with van der Waals surface area (Å²) in [6.45, 7) is 1.64. The first-order valence-corrected chi connectivity index (χ1v) is 7.02. The normalized spacial score (nSPS) is 13.2. The average molecular weight is 343 g/mol. The standard InChI is InChI=1S/C15H16F2N4O.ClH/c1-21(8-9-2-3-11(16)12(17)6-9)15(22)14-10-7-18-5-4-13(10)19-20-14;/h2-3,6,18H,4-5,7-8H2,1H3,(H,19,20);1H. The molecule has 1 aromatic heterocycles. The molecule has 1 amide bonds. The Labute approximate surface area is 138 Å². The smallest absolute Gasteiger partial charge is 0.274 e. The van der Waals surface area contributed by atoms with Crippen molar-refractivity contribution < 1.29 is 13.6 Å². The second-order valence-electron chi connectivity index (χ2n) is 5.37. The molecule has 3 rings (SSSR count). The number of aromatic nitrogens is 2. The van der Waals surface area contributed by atoms with Crippen molar-refractivity contribution in [2.24, 2.45) is 0 Å². The zero-order chi connectivity index (χ0) is 15.7. The van der Waals surface area contributed by atoms with Gasteiger partial charge in [0, 0.05) is 44.4 Å². The first-order valence-electron chi connectivity index (χ1n) is 7.02.